The molecule has 1 N–H and O–H groups in total. The average Bonchev–Trinajstić information content (AvgIpc) is 2.93. The monoisotopic (exact) mass is 388 g/mol. The quantitative estimate of drug-likeness (QED) is 0.837. The summed E-state index contributed by atoms with van der Waals surface area (Å²) >= 11 is 6.30. The lowest BCUT2D eigenvalue weighted by molar-refractivity contribution is 0.0681. The summed E-state index contributed by atoms with van der Waals surface area (Å²) in [5.74, 6) is 0.955. The maximum absolute atomic E-state index is 12.9. The van der Waals surface area contributed by atoms with Gasteiger partial charge in [-0.1, -0.05) is 11.6 Å². The number of hydrogen-bond acceptors (Lipinski definition) is 4. The van der Waals surface area contributed by atoms with Crippen LogP contribution in [0.15, 0.2) is 12.1 Å². The molecule has 0 radical (unpaired) electrons. The standard InChI is InChI=1S/C18H25ClN2O3.ClH/c1-4-24-17-15(19)7-11(8-16(17)23-3)18(22)21(2)14-9-12-5-6-13(10-14)20-12;/h7-8,12-14,20H,4-6,9-10H2,1-3H3;1H. The lowest BCUT2D eigenvalue weighted by atomic mass is 9.98. The zero-order valence-corrected chi connectivity index (χ0v) is 16.5. The highest BCUT2D eigenvalue weighted by Gasteiger charge is 2.36. The molecule has 2 aliphatic rings. The number of methoxy groups -OCH3 is 1. The minimum Gasteiger partial charge on any atom is -0.493 e. The first kappa shape index (κ1) is 20.1. The Morgan fingerprint density at radius 3 is 2.52 bits per heavy atom. The van der Waals surface area contributed by atoms with Crippen LogP contribution in [0, 0.1) is 0 Å². The van der Waals surface area contributed by atoms with Gasteiger partial charge in [0.25, 0.3) is 5.91 Å². The van der Waals surface area contributed by atoms with Gasteiger partial charge in [-0.15, -0.1) is 12.4 Å². The topological polar surface area (TPSA) is 50.8 Å². The van der Waals surface area contributed by atoms with E-state index in [4.69, 9.17) is 21.1 Å². The van der Waals surface area contributed by atoms with Crippen LogP contribution in [0.3, 0.4) is 0 Å². The van der Waals surface area contributed by atoms with Gasteiger partial charge in [0.1, 0.15) is 0 Å². The summed E-state index contributed by atoms with van der Waals surface area (Å²) in [6.45, 7) is 2.37. The summed E-state index contributed by atoms with van der Waals surface area (Å²) in [6, 6.07) is 4.74. The molecule has 1 amide bonds. The Kier molecular flexibility index (Phi) is 6.83. The number of ether oxygens (including phenoxy) is 2. The second kappa shape index (κ2) is 8.47. The van der Waals surface area contributed by atoms with Gasteiger partial charge in [0.05, 0.1) is 18.7 Å². The Bertz CT molecular complexity index is 615. The van der Waals surface area contributed by atoms with Crippen molar-refractivity contribution >= 4 is 29.9 Å². The molecule has 3 rings (SSSR count). The van der Waals surface area contributed by atoms with E-state index in [0.717, 1.165) is 12.8 Å². The van der Waals surface area contributed by atoms with E-state index in [2.05, 4.69) is 5.32 Å². The maximum atomic E-state index is 12.9. The number of carbonyl (C=O) groups is 1. The molecule has 2 fully saturated rings. The molecule has 0 aromatic heterocycles. The Morgan fingerprint density at radius 2 is 1.96 bits per heavy atom. The Balaban J connectivity index is 0.00000225. The molecule has 5 nitrogen and oxygen atoms in total. The fraction of sp³-hybridized carbons (Fsp3) is 0.611. The zero-order chi connectivity index (χ0) is 17.3. The number of amides is 1. The predicted octanol–water partition coefficient (Wildman–Crippen LogP) is 3.52. The van der Waals surface area contributed by atoms with E-state index in [0.29, 0.717) is 40.8 Å². The molecule has 2 unspecified atom stereocenters. The second-order valence-electron chi connectivity index (χ2n) is 6.60. The smallest absolute Gasteiger partial charge is 0.254 e. The lowest BCUT2D eigenvalue weighted by Gasteiger charge is -2.35. The molecule has 7 heteroatoms. The minimum atomic E-state index is -0.0236. The highest BCUT2D eigenvalue weighted by Crippen LogP contribution is 2.37. The summed E-state index contributed by atoms with van der Waals surface area (Å²) in [7, 11) is 3.44. The van der Waals surface area contributed by atoms with E-state index in [1.165, 1.54) is 12.8 Å². The molecule has 2 aliphatic heterocycles. The molecule has 25 heavy (non-hydrogen) atoms. The molecule has 1 aromatic rings. The lowest BCUT2D eigenvalue weighted by Crippen LogP contribution is -2.48. The van der Waals surface area contributed by atoms with Gasteiger partial charge in [0, 0.05) is 30.7 Å². The number of benzene rings is 1. The molecule has 2 saturated heterocycles. The van der Waals surface area contributed by atoms with Gasteiger partial charge in [-0.3, -0.25) is 4.79 Å². The summed E-state index contributed by atoms with van der Waals surface area (Å²) in [6.07, 6.45) is 4.46. The molecule has 2 bridgehead atoms. The number of fused-ring (bicyclic) bond motifs is 2. The van der Waals surface area contributed by atoms with Gasteiger partial charge >= 0.3 is 0 Å². The van der Waals surface area contributed by atoms with Crippen LogP contribution in [0.1, 0.15) is 43.0 Å². The Morgan fingerprint density at radius 1 is 1.32 bits per heavy atom. The van der Waals surface area contributed by atoms with E-state index in [1.807, 2.05) is 18.9 Å². The van der Waals surface area contributed by atoms with Gasteiger partial charge in [-0.2, -0.15) is 0 Å². The first-order chi connectivity index (χ1) is 11.5. The van der Waals surface area contributed by atoms with Crippen molar-refractivity contribution in [3.8, 4) is 11.5 Å². The van der Waals surface area contributed by atoms with Crippen molar-refractivity contribution in [2.24, 2.45) is 0 Å². The first-order valence-corrected chi connectivity index (χ1v) is 8.94. The highest BCUT2D eigenvalue weighted by molar-refractivity contribution is 6.32. The van der Waals surface area contributed by atoms with Crippen LogP contribution in [-0.2, 0) is 0 Å². The fourth-order valence-electron chi connectivity index (χ4n) is 3.84. The van der Waals surface area contributed by atoms with E-state index >= 15 is 0 Å². The van der Waals surface area contributed by atoms with E-state index < -0.39 is 0 Å². The van der Waals surface area contributed by atoms with Gasteiger partial charge in [0.15, 0.2) is 11.5 Å². The molecule has 1 aromatic carbocycles. The van der Waals surface area contributed by atoms with Crippen molar-refractivity contribution in [1.82, 2.24) is 10.2 Å². The molecule has 2 heterocycles. The molecular weight excluding hydrogens is 363 g/mol. The van der Waals surface area contributed by atoms with Crippen LogP contribution < -0.4 is 14.8 Å². The molecular formula is C18H26Cl2N2O3. The third-order valence-electron chi connectivity index (χ3n) is 5.08. The van der Waals surface area contributed by atoms with Crippen molar-refractivity contribution in [3.05, 3.63) is 22.7 Å². The van der Waals surface area contributed by atoms with Crippen molar-refractivity contribution < 1.29 is 14.3 Å². The van der Waals surface area contributed by atoms with Crippen LogP contribution in [0.5, 0.6) is 11.5 Å². The van der Waals surface area contributed by atoms with Gasteiger partial charge in [-0.25, -0.2) is 0 Å². The van der Waals surface area contributed by atoms with Crippen LogP contribution in [0.4, 0.5) is 0 Å². The summed E-state index contributed by atoms with van der Waals surface area (Å²) < 4.78 is 10.9. The van der Waals surface area contributed by atoms with Gasteiger partial charge < -0.3 is 19.7 Å². The minimum absolute atomic E-state index is 0. The molecule has 140 valence electrons. The fourth-order valence-corrected chi connectivity index (χ4v) is 4.11. The third kappa shape index (κ3) is 4.15. The number of piperidine rings is 1. The average molecular weight is 389 g/mol. The SMILES string of the molecule is CCOc1c(Cl)cc(C(=O)N(C)C2CC3CCC(C2)N3)cc1OC.Cl. The van der Waals surface area contributed by atoms with Crippen molar-refractivity contribution in [1.29, 1.82) is 0 Å². The maximum Gasteiger partial charge on any atom is 0.254 e. The van der Waals surface area contributed by atoms with Crippen molar-refractivity contribution in [2.45, 2.75) is 50.7 Å². The Hall–Kier alpha value is -1.17. The number of hydrogen-bond donors (Lipinski definition) is 1. The van der Waals surface area contributed by atoms with Crippen molar-refractivity contribution in [3.63, 3.8) is 0 Å². The predicted molar refractivity (Wildman–Crippen MR) is 101 cm³/mol. The summed E-state index contributed by atoms with van der Waals surface area (Å²) in [4.78, 5) is 14.8. The number of nitrogens with one attached hydrogen (secondary N) is 1. The molecule has 0 saturated carbocycles. The van der Waals surface area contributed by atoms with E-state index in [9.17, 15) is 4.79 Å². The summed E-state index contributed by atoms with van der Waals surface area (Å²) in [5, 5.41) is 4.01. The van der Waals surface area contributed by atoms with Crippen LogP contribution in [-0.4, -0.2) is 49.7 Å². The van der Waals surface area contributed by atoms with E-state index in [1.54, 1.807) is 19.2 Å². The van der Waals surface area contributed by atoms with Crippen LogP contribution >= 0.6 is 24.0 Å². The third-order valence-corrected chi connectivity index (χ3v) is 5.36. The molecule has 0 aliphatic carbocycles. The number of halogens is 2. The highest BCUT2D eigenvalue weighted by atomic mass is 35.5. The number of rotatable bonds is 5. The number of carbonyl (C=O) groups excluding carboxylic acids is 1. The molecule has 2 atom stereocenters. The summed E-state index contributed by atoms with van der Waals surface area (Å²) in [5.41, 5.74) is 0.536. The normalized spacial score (nSPS) is 24.4. The Labute approximate surface area is 160 Å². The van der Waals surface area contributed by atoms with Gasteiger partial charge in [-0.05, 0) is 44.7 Å². The van der Waals surface area contributed by atoms with Crippen LogP contribution in [0.2, 0.25) is 5.02 Å². The largest absolute Gasteiger partial charge is 0.493 e. The van der Waals surface area contributed by atoms with Gasteiger partial charge in [0.2, 0.25) is 0 Å². The zero-order valence-electron chi connectivity index (χ0n) is 14.9. The first-order valence-electron chi connectivity index (χ1n) is 8.57. The van der Waals surface area contributed by atoms with Crippen LogP contribution in [0.25, 0.3) is 0 Å². The number of nitrogens with zero attached hydrogens (tertiary/aromatic N) is 1. The van der Waals surface area contributed by atoms with Crippen molar-refractivity contribution in [2.75, 3.05) is 20.8 Å². The second-order valence-corrected chi connectivity index (χ2v) is 7.01. The molecule has 0 spiro atoms. The van der Waals surface area contributed by atoms with E-state index in [-0.39, 0.29) is 24.4 Å².